The van der Waals surface area contributed by atoms with Crippen LogP contribution in [0, 0.1) is 5.82 Å². The average Bonchev–Trinajstić information content (AvgIpc) is 2.91. The summed E-state index contributed by atoms with van der Waals surface area (Å²) in [6.07, 6.45) is -9.38. The van der Waals surface area contributed by atoms with Gasteiger partial charge in [-0.1, -0.05) is 87.5 Å². The number of aliphatic hydroxyl groups is 6. The van der Waals surface area contributed by atoms with E-state index in [0.717, 1.165) is 16.4 Å². The fourth-order valence-corrected chi connectivity index (χ4v) is 9.34. The zero-order chi connectivity index (χ0) is 28.1. The van der Waals surface area contributed by atoms with Gasteiger partial charge in [0.05, 0.1) is 13.2 Å². The van der Waals surface area contributed by atoms with Crippen LogP contribution in [0.25, 0.3) is 0 Å². The SMILES string of the molecule is CC(C)(C)[Si](OCc1cc(F)cc(C(O)[C@H](O)[C@@H](O)[C@H](O)[C@H](O)CO)c1)(c1ccccc1)c1ccccc1. The van der Waals surface area contributed by atoms with Crippen LogP contribution in [-0.4, -0.2) is 70.0 Å². The van der Waals surface area contributed by atoms with E-state index in [4.69, 9.17) is 9.53 Å². The minimum absolute atomic E-state index is 0.00919. The van der Waals surface area contributed by atoms with Crippen molar-refractivity contribution in [3.05, 3.63) is 95.8 Å². The number of hydrogen-bond donors (Lipinski definition) is 6. The molecule has 1 unspecified atom stereocenters. The Hall–Kier alpha value is -2.47. The Bertz CT molecular complexity index is 1120. The Morgan fingerprint density at radius 3 is 1.76 bits per heavy atom. The summed E-state index contributed by atoms with van der Waals surface area (Å²) in [4.78, 5) is 0. The summed E-state index contributed by atoms with van der Waals surface area (Å²) in [5, 5.41) is 61.5. The van der Waals surface area contributed by atoms with Crippen LogP contribution in [0.15, 0.2) is 78.9 Å². The molecule has 0 aliphatic carbocycles. The summed E-state index contributed by atoms with van der Waals surface area (Å²) in [6.45, 7) is 5.50. The third kappa shape index (κ3) is 6.39. The molecular formula is C29H37FO7Si. The van der Waals surface area contributed by atoms with Crippen molar-refractivity contribution in [2.75, 3.05) is 6.61 Å². The van der Waals surface area contributed by atoms with E-state index in [-0.39, 0.29) is 17.2 Å². The van der Waals surface area contributed by atoms with Gasteiger partial charge in [0.2, 0.25) is 0 Å². The Morgan fingerprint density at radius 1 is 0.763 bits per heavy atom. The summed E-state index contributed by atoms with van der Waals surface area (Å²) in [7, 11) is -2.92. The molecular weight excluding hydrogens is 507 g/mol. The van der Waals surface area contributed by atoms with Gasteiger partial charge in [-0.2, -0.15) is 0 Å². The molecule has 3 aromatic rings. The maximum Gasteiger partial charge on any atom is 0.261 e. The molecule has 3 aromatic carbocycles. The third-order valence-corrected chi connectivity index (χ3v) is 11.8. The maximum atomic E-state index is 14.7. The van der Waals surface area contributed by atoms with Crippen molar-refractivity contribution in [1.82, 2.24) is 0 Å². The van der Waals surface area contributed by atoms with Gasteiger partial charge in [-0.05, 0) is 38.7 Å². The van der Waals surface area contributed by atoms with Crippen molar-refractivity contribution >= 4 is 18.7 Å². The summed E-state index contributed by atoms with van der Waals surface area (Å²) in [5.74, 6) is -0.680. The van der Waals surface area contributed by atoms with Gasteiger partial charge in [0, 0.05) is 0 Å². The molecule has 0 bridgehead atoms. The Labute approximate surface area is 223 Å². The van der Waals surface area contributed by atoms with Gasteiger partial charge in [0.1, 0.15) is 36.3 Å². The summed E-state index contributed by atoms with van der Waals surface area (Å²) < 4.78 is 21.5. The van der Waals surface area contributed by atoms with Crippen LogP contribution in [0.2, 0.25) is 5.04 Å². The highest BCUT2D eigenvalue weighted by Gasteiger charge is 2.50. The molecule has 206 valence electrons. The van der Waals surface area contributed by atoms with Crippen LogP contribution in [-0.2, 0) is 11.0 Å². The third-order valence-electron chi connectivity index (χ3n) is 6.80. The Balaban J connectivity index is 1.96. The predicted molar refractivity (Wildman–Crippen MR) is 145 cm³/mol. The lowest BCUT2D eigenvalue weighted by atomic mass is 9.94. The lowest BCUT2D eigenvalue weighted by Crippen LogP contribution is -2.66. The Morgan fingerprint density at radius 2 is 1.29 bits per heavy atom. The fraction of sp³-hybridized carbons (Fsp3) is 0.379. The van der Waals surface area contributed by atoms with Gasteiger partial charge in [-0.25, -0.2) is 4.39 Å². The number of rotatable bonds is 11. The second-order valence-corrected chi connectivity index (χ2v) is 14.8. The minimum Gasteiger partial charge on any atom is -0.403 e. The monoisotopic (exact) mass is 544 g/mol. The zero-order valence-corrected chi connectivity index (χ0v) is 22.8. The van der Waals surface area contributed by atoms with E-state index in [1.807, 2.05) is 60.7 Å². The molecule has 38 heavy (non-hydrogen) atoms. The molecule has 0 saturated heterocycles. The van der Waals surface area contributed by atoms with Crippen molar-refractivity contribution in [1.29, 1.82) is 0 Å². The smallest absolute Gasteiger partial charge is 0.261 e. The normalized spacial score (nSPS) is 16.5. The summed E-state index contributed by atoms with van der Waals surface area (Å²) in [6, 6.07) is 23.6. The van der Waals surface area contributed by atoms with Gasteiger partial charge >= 0.3 is 0 Å². The van der Waals surface area contributed by atoms with Gasteiger partial charge in [-0.3, -0.25) is 0 Å². The van der Waals surface area contributed by atoms with E-state index >= 15 is 0 Å². The molecule has 0 aromatic heterocycles. The first-order chi connectivity index (χ1) is 17.9. The van der Waals surface area contributed by atoms with Crippen molar-refractivity contribution in [2.24, 2.45) is 0 Å². The molecule has 0 fully saturated rings. The molecule has 0 amide bonds. The molecule has 0 aliphatic rings. The standard InChI is InChI=1S/C29H37FO7Si/c1-29(2,3)38(22-10-6-4-7-11-22,23-12-8-5-9-13-23)37-18-19-14-20(16-21(30)15-19)25(33)27(35)28(36)26(34)24(32)17-31/h4-16,24-28,31-36H,17-18H2,1-3H3/t24-,25?,26-,27+,28+/m1/s1. The van der Waals surface area contributed by atoms with Gasteiger partial charge in [0.15, 0.2) is 0 Å². The van der Waals surface area contributed by atoms with Crippen LogP contribution in [0.1, 0.15) is 38.0 Å². The molecule has 0 heterocycles. The van der Waals surface area contributed by atoms with E-state index in [1.54, 1.807) is 0 Å². The molecule has 0 radical (unpaired) electrons. The zero-order valence-electron chi connectivity index (χ0n) is 21.8. The van der Waals surface area contributed by atoms with Crippen LogP contribution < -0.4 is 10.4 Å². The lowest BCUT2D eigenvalue weighted by Gasteiger charge is -2.43. The van der Waals surface area contributed by atoms with E-state index in [2.05, 4.69) is 20.8 Å². The second-order valence-electron chi connectivity index (χ2n) is 10.5. The predicted octanol–water partition coefficient (Wildman–Crippen LogP) is 1.37. The molecule has 6 N–H and O–H groups in total. The van der Waals surface area contributed by atoms with Crippen LogP contribution in [0.4, 0.5) is 4.39 Å². The van der Waals surface area contributed by atoms with E-state index in [0.29, 0.717) is 5.56 Å². The minimum atomic E-state index is -2.92. The molecule has 5 atom stereocenters. The first-order valence-corrected chi connectivity index (χ1v) is 14.4. The second kappa shape index (κ2) is 12.6. The molecule has 3 rings (SSSR count). The van der Waals surface area contributed by atoms with Gasteiger partial charge in [0.25, 0.3) is 8.32 Å². The number of hydrogen-bond acceptors (Lipinski definition) is 7. The quantitative estimate of drug-likeness (QED) is 0.201. The van der Waals surface area contributed by atoms with E-state index in [9.17, 15) is 29.9 Å². The topological polar surface area (TPSA) is 131 Å². The fourth-order valence-electron chi connectivity index (χ4n) is 4.80. The van der Waals surface area contributed by atoms with Crippen molar-refractivity contribution in [3.63, 3.8) is 0 Å². The van der Waals surface area contributed by atoms with Gasteiger partial charge < -0.3 is 35.1 Å². The first-order valence-electron chi connectivity index (χ1n) is 12.5. The van der Waals surface area contributed by atoms with Crippen molar-refractivity contribution in [3.8, 4) is 0 Å². The van der Waals surface area contributed by atoms with Crippen LogP contribution in [0.5, 0.6) is 0 Å². The highest BCUT2D eigenvalue weighted by Crippen LogP contribution is 2.37. The average molecular weight is 545 g/mol. The van der Waals surface area contributed by atoms with E-state index < -0.39 is 51.3 Å². The number of benzene rings is 3. The summed E-state index contributed by atoms with van der Waals surface area (Å²) >= 11 is 0. The maximum absolute atomic E-state index is 14.7. The molecule has 0 aliphatic heterocycles. The highest BCUT2D eigenvalue weighted by atomic mass is 28.4. The summed E-state index contributed by atoms with van der Waals surface area (Å²) in [5.41, 5.74) is 0.368. The van der Waals surface area contributed by atoms with E-state index in [1.165, 1.54) is 12.1 Å². The van der Waals surface area contributed by atoms with Gasteiger partial charge in [-0.15, -0.1) is 0 Å². The highest BCUT2D eigenvalue weighted by molar-refractivity contribution is 6.99. The largest absolute Gasteiger partial charge is 0.403 e. The molecule has 0 spiro atoms. The first kappa shape index (κ1) is 30.1. The van der Waals surface area contributed by atoms with Crippen molar-refractivity contribution in [2.45, 2.75) is 62.9 Å². The molecule has 7 nitrogen and oxygen atoms in total. The molecule has 0 saturated carbocycles. The number of aliphatic hydroxyl groups excluding tert-OH is 6. The lowest BCUT2D eigenvalue weighted by molar-refractivity contribution is -0.141. The van der Waals surface area contributed by atoms with Crippen molar-refractivity contribution < 1.29 is 39.5 Å². The Kier molecular flexibility index (Phi) is 9.96. The van der Waals surface area contributed by atoms with Crippen LogP contribution in [0.3, 0.4) is 0 Å². The molecule has 9 heteroatoms. The van der Waals surface area contributed by atoms with Crippen LogP contribution >= 0.6 is 0 Å². The number of halogens is 1.